The van der Waals surface area contributed by atoms with E-state index in [1.165, 1.54) is 6.42 Å². The number of rotatable bonds is 7. The molecule has 26 heavy (non-hydrogen) atoms. The Balaban J connectivity index is 1.52. The SMILES string of the molecule is CN1CCCC(NCCC(=N)c2ccc(Oc3ccccc3)nc2F)C1. The lowest BCUT2D eigenvalue weighted by molar-refractivity contribution is 0.228. The average molecular weight is 356 g/mol. The summed E-state index contributed by atoms with van der Waals surface area (Å²) in [6, 6.07) is 12.7. The van der Waals surface area contributed by atoms with Gasteiger partial charge in [-0.25, -0.2) is 0 Å². The van der Waals surface area contributed by atoms with E-state index in [2.05, 4.69) is 22.2 Å². The number of likely N-dealkylation sites (N-methyl/N-ethyl adjacent to an activating group) is 1. The van der Waals surface area contributed by atoms with Gasteiger partial charge in [0.1, 0.15) is 5.75 Å². The number of halogens is 1. The van der Waals surface area contributed by atoms with E-state index in [0.29, 0.717) is 24.8 Å². The van der Waals surface area contributed by atoms with E-state index in [1.54, 1.807) is 24.3 Å². The van der Waals surface area contributed by atoms with Crippen LogP contribution in [0.25, 0.3) is 0 Å². The third-order valence-corrected chi connectivity index (χ3v) is 4.55. The minimum atomic E-state index is -0.666. The summed E-state index contributed by atoms with van der Waals surface area (Å²) in [5, 5.41) is 11.6. The lowest BCUT2D eigenvalue weighted by atomic mass is 10.1. The Morgan fingerprint density at radius 3 is 2.85 bits per heavy atom. The molecule has 2 N–H and O–H groups in total. The highest BCUT2D eigenvalue weighted by Crippen LogP contribution is 2.20. The van der Waals surface area contributed by atoms with Gasteiger partial charge in [-0.15, -0.1) is 0 Å². The molecule has 1 fully saturated rings. The second-order valence-corrected chi connectivity index (χ2v) is 6.69. The molecule has 0 spiro atoms. The van der Waals surface area contributed by atoms with E-state index in [-0.39, 0.29) is 17.2 Å². The Morgan fingerprint density at radius 1 is 1.31 bits per heavy atom. The molecule has 2 heterocycles. The summed E-state index contributed by atoms with van der Waals surface area (Å²) in [4.78, 5) is 6.15. The number of piperidine rings is 1. The van der Waals surface area contributed by atoms with Gasteiger partial charge in [0.25, 0.3) is 0 Å². The van der Waals surface area contributed by atoms with E-state index < -0.39 is 5.95 Å². The van der Waals surface area contributed by atoms with E-state index in [0.717, 1.165) is 19.5 Å². The zero-order valence-electron chi connectivity index (χ0n) is 15.0. The van der Waals surface area contributed by atoms with Crippen LogP contribution in [0.15, 0.2) is 42.5 Å². The minimum absolute atomic E-state index is 0.189. The van der Waals surface area contributed by atoms with Gasteiger partial charge in [0.15, 0.2) is 0 Å². The first-order valence-corrected chi connectivity index (χ1v) is 9.01. The number of nitrogens with one attached hydrogen (secondary N) is 2. The Hall–Kier alpha value is -2.31. The Kier molecular flexibility index (Phi) is 6.30. The molecule has 0 aliphatic carbocycles. The normalized spacial score (nSPS) is 17.8. The highest BCUT2D eigenvalue weighted by molar-refractivity contribution is 5.98. The van der Waals surface area contributed by atoms with Crippen molar-refractivity contribution in [2.45, 2.75) is 25.3 Å². The van der Waals surface area contributed by atoms with Crippen LogP contribution in [0.5, 0.6) is 11.6 Å². The number of hydrogen-bond donors (Lipinski definition) is 2. The van der Waals surface area contributed by atoms with Crippen LogP contribution in [0.3, 0.4) is 0 Å². The molecule has 6 heteroatoms. The van der Waals surface area contributed by atoms with Gasteiger partial charge in [0, 0.05) is 37.3 Å². The first-order valence-electron chi connectivity index (χ1n) is 9.01. The van der Waals surface area contributed by atoms with E-state index in [9.17, 15) is 4.39 Å². The molecule has 1 aliphatic rings. The highest BCUT2D eigenvalue weighted by Gasteiger charge is 2.17. The Labute approximate surface area is 153 Å². The van der Waals surface area contributed by atoms with Crippen LogP contribution in [0.1, 0.15) is 24.8 Å². The number of benzene rings is 1. The van der Waals surface area contributed by atoms with Gasteiger partial charge in [-0.05, 0) is 44.6 Å². The predicted molar refractivity (Wildman–Crippen MR) is 101 cm³/mol. The molecular formula is C20H25FN4O. The van der Waals surface area contributed by atoms with Crippen molar-refractivity contribution >= 4 is 5.71 Å². The molecule has 1 aromatic carbocycles. The summed E-state index contributed by atoms with van der Waals surface area (Å²) >= 11 is 0. The van der Waals surface area contributed by atoms with Crippen LogP contribution in [-0.2, 0) is 0 Å². The van der Waals surface area contributed by atoms with Crippen LogP contribution in [0.2, 0.25) is 0 Å². The standard InChI is InChI=1S/C20H25FN4O/c1-25-13-5-6-15(14-25)23-12-11-18(22)17-9-10-19(24-20(17)21)26-16-7-3-2-4-8-16/h2-4,7-10,15,22-23H,5-6,11-14H2,1H3. The Bertz CT molecular complexity index is 738. The summed E-state index contributed by atoms with van der Waals surface area (Å²) in [5.74, 6) is 0.123. The smallest absolute Gasteiger partial charge is 0.225 e. The van der Waals surface area contributed by atoms with E-state index in [4.69, 9.17) is 10.1 Å². The van der Waals surface area contributed by atoms with Gasteiger partial charge in [-0.2, -0.15) is 9.37 Å². The van der Waals surface area contributed by atoms with Crippen molar-refractivity contribution in [3.63, 3.8) is 0 Å². The lowest BCUT2D eigenvalue weighted by Crippen LogP contribution is -2.44. The Morgan fingerprint density at radius 2 is 2.12 bits per heavy atom. The molecule has 0 saturated carbocycles. The molecule has 138 valence electrons. The summed E-state index contributed by atoms with van der Waals surface area (Å²) in [7, 11) is 2.12. The van der Waals surface area contributed by atoms with Crippen molar-refractivity contribution in [1.29, 1.82) is 5.41 Å². The van der Waals surface area contributed by atoms with Crippen LogP contribution in [0.4, 0.5) is 4.39 Å². The largest absolute Gasteiger partial charge is 0.439 e. The second-order valence-electron chi connectivity index (χ2n) is 6.69. The fraction of sp³-hybridized carbons (Fsp3) is 0.400. The number of hydrogen-bond acceptors (Lipinski definition) is 5. The zero-order valence-corrected chi connectivity index (χ0v) is 15.0. The highest BCUT2D eigenvalue weighted by atomic mass is 19.1. The molecular weight excluding hydrogens is 331 g/mol. The van der Waals surface area contributed by atoms with Crippen molar-refractivity contribution in [3.8, 4) is 11.6 Å². The molecule has 1 aliphatic heterocycles. The molecule has 0 bridgehead atoms. The molecule has 2 aromatic rings. The van der Waals surface area contributed by atoms with Crippen molar-refractivity contribution < 1.29 is 9.13 Å². The van der Waals surface area contributed by atoms with E-state index >= 15 is 0 Å². The van der Waals surface area contributed by atoms with Crippen LogP contribution < -0.4 is 10.1 Å². The number of para-hydroxylation sites is 1. The average Bonchev–Trinajstić information content (AvgIpc) is 2.62. The summed E-state index contributed by atoms with van der Waals surface area (Å²) in [5.41, 5.74) is 0.478. The first kappa shape index (κ1) is 18.5. The second kappa shape index (κ2) is 8.87. The number of nitrogens with zero attached hydrogens (tertiary/aromatic N) is 2. The fourth-order valence-electron chi connectivity index (χ4n) is 3.18. The molecule has 0 radical (unpaired) electrons. The maximum absolute atomic E-state index is 14.3. The maximum Gasteiger partial charge on any atom is 0.225 e. The van der Waals surface area contributed by atoms with Crippen LogP contribution >= 0.6 is 0 Å². The zero-order chi connectivity index (χ0) is 18.4. The first-order chi connectivity index (χ1) is 12.6. The third kappa shape index (κ3) is 5.09. The topological polar surface area (TPSA) is 61.2 Å². The van der Waals surface area contributed by atoms with Crippen LogP contribution in [0, 0.1) is 11.4 Å². The van der Waals surface area contributed by atoms with Gasteiger partial charge in [0.2, 0.25) is 11.8 Å². The number of pyridine rings is 1. The third-order valence-electron chi connectivity index (χ3n) is 4.55. The minimum Gasteiger partial charge on any atom is -0.439 e. The van der Waals surface area contributed by atoms with Crippen molar-refractivity contribution in [2.24, 2.45) is 0 Å². The van der Waals surface area contributed by atoms with Crippen molar-refractivity contribution in [2.75, 3.05) is 26.7 Å². The van der Waals surface area contributed by atoms with Gasteiger partial charge < -0.3 is 20.4 Å². The van der Waals surface area contributed by atoms with Crippen LogP contribution in [-0.4, -0.2) is 48.3 Å². The van der Waals surface area contributed by atoms with Crippen molar-refractivity contribution in [3.05, 3.63) is 54.0 Å². The molecule has 1 atom stereocenters. The van der Waals surface area contributed by atoms with Gasteiger partial charge in [0.05, 0.1) is 5.56 Å². The maximum atomic E-state index is 14.3. The van der Waals surface area contributed by atoms with Gasteiger partial charge in [-0.3, -0.25) is 0 Å². The summed E-state index contributed by atoms with van der Waals surface area (Å²) < 4.78 is 19.8. The fourth-order valence-corrected chi connectivity index (χ4v) is 3.18. The lowest BCUT2D eigenvalue weighted by Gasteiger charge is -2.30. The van der Waals surface area contributed by atoms with Crippen molar-refractivity contribution in [1.82, 2.24) is 15.2 Å². The molecule has 3 rings (SSSR count). The molecule has 1 saturated heterocycles. The van der Waals surface area contributed by atoms with Gasteiger partial charge in [-0.1, -0.05) is 18.2 Å². The summed E-state index contributed by atoms with van der Waals surface area (Å²) in [6.07, 6.45) is 2.81. The summed E-state index contributed by atoms with van der Waals surface area (Å²) in [6.45, 7) is 2.83. The number of likely N-dealkylation sites (tertiary alicyclic amines) is 1. The van der Waals surface area contributed by atoms with E-state index in [1.807, 2.05) is 18.2 Å². The van der Waals surface area contributed by atoms with Gasteiger partial charge >= 0.3 is 0 Å². The quantitative estimate of drug-likeness (QED) is 0.589. The molecule has 0 amide bonds. The molecule has 1 unspecified atom stereocenters. The predicted octanol–water partition coefficient (Wildman–Crippen LogP) is 3.45. The number of aromatic nitrogens is 1. The monoisotopic (exact) mass is 356 g/mol. The number of ether oxygens (including phenoxy) is 1. The molecule has 5 nitrogen and oxygen atoms in total. The molecule has 1 aromatic heterocycles.